The maximum Gasteiger partial charge on any atom is 0.251 e. The Bertz CT molecular complexity index is 763. The van der Waals surface area contributed by atoms with Gasteiger partial charge in [-0.3, -0.25) is 4.79 Å². The van der Waals surface area contributed by atoms with E-state index in [9.17, 15) is 4.79 Å². The molecule has 1 aliphatic rings. The highest BCUT2D eigenvalue weighted by atomic mass is 32.2. The van der Waals surface area contributed by atoms with Crippen LogP contribution in [0, 0.1) is 11.3 Å². The Hall–Kier alpha value is -2.59. The molecule has 3 rings (SSSR count). The zero-order valence-corrected chi connectivity index (χ0v) is 14.5. The molecule has 1 saturated heterocycles. The molecule has 7 heteroatoms. The molecule has 0 saturated carbocycles. The van der Waals surface area contributed by atoms with E-state index in [1.165, 1.54) is 17.3 Å². The Kier molecular flexibility index (Phi) is 5.86. The lowest BCUT2D eigenvalue weighted by Crippen LogP contribution is -2.31. The number of nitriles is 1. The van der Waals surface area contributed by atoms with Crippen LogP contribution in [-0.2, 0) is 4.79 Å². The van der Waals surface area contributed by atoms with Gasteiger partial charge < -0.3 is 9.64 Å². The third-order valence-electron chi connectivity index (χ3n) is 3.87. The predicted molar refractivity (Wildman–Crippen MR) is 94.1 cm³/mol. The fraction of sp³-hybridized carbons (Fsp3) is 0.333. The van der Waals surface area contributed by atoms with Crippen molar-refractivity contribution >= 4 is 17.7 Å². The van der Waals surface area contributed by atoms with Crippen molar-refractivity contribution in [2.75, 3.05) is 18.8 Å². The molecule has 0 radical (unpaired) electrons. The van der Waals surface area contributed by atoms with Crippen LogP contribution in [-0.4, -0.2) is 45.7 Å². The molecular formula is C18H18N4O2S. The first-order valence-corrected chi connectivity index (χ1v) is 9.08. The number of hydrogen-bond acceptors (Lipinski definition) is 6. The van der Waals surface area contributed by atoms with E-state index >= 15 is 0 Å². The molecular weight excluding hydrogens is 336 g/mol. The SMILES string of the molecule is N#Cc1nccnc1OC1CCN(C(=O)CCSc2ccccc2)C1. The molecule has 1 atom stereocenters. The maximum atomic E-state index is 12.3. The summed E-state index contributed by atoms with van der Waals surface area (Å²) in [5, 5.41) is 9.02. The Labute approximate surface area is 150 Å². The minimum atomic E-state index is -0.144. The van der Waals surface area contributed by atoms with Crippen LogP contribution >= 0.6 is 11.8 Å². The summed E-state index contributed by atoms with van der Waals surface area (Å²) in [7, 11) is 0. The van der Waals surface area contributed by atoms with Crippen molar-refractivity contribution in [2.45, 2.75) is 23.8 Å². The monoisotopic (exact) mass is 354 g/mol. The highest BCUT2D eigenvalue weighted by molar-refractivity contribution is 7.99. The summed E-state index contributed by atoms with van der Waals surface area (Å²) in [6.07, 6.45) is 4.05. The minimum Gasteiger partial charge on any atom is -0.470 e. The number of carbonyl (C=O) groups is 1. The fourth-order valence-electron chi connectivity index (χ4n) is 2.63. The second-order valence-corrected chi connectivity index (χ2v) is 6.77. The molecule has 2 heterocycles. The third kappa shape index (κ3) is 4.70. The van der Waals surface area contributed by atoms with E-state index in [0.29, 0.717) is 19.5 Å². The molecule has 0 spiro atoms. The van der Waals surface area contributed by atoms with E-state index in [1.54, 1.807) is 11.8 Å². The first-order chi connectivity index (χ1) is 12.3. The van der Waals surface area contributed by atoms with Gasteiger partial charge in [0.25, 0.3) is 5.88 Å². The Morgan fingerprint density at radius 2 is 2.12 bits per heavy atom. The number of thioether (sulfide) groups is 1. The van der Waals surface area contributed by atoms with E-state index in [-0.39, 0.29) is 23.6 Å². The molecule has 128 valence electrons. The van der Waals surface area contributed by atoms with Crippen molar-refractivity contribution in [3.8, 4) is 11.9 Å². The first kappa shape index (κ1) is 17.2. The number of likely N-dealkylation sites (tertiary alicyclic amines) is 1. The van der Waals surface area contributed by atoms with E-state index in [2.05, 4.69) is 9.97 Å². The van der Waals surface area contributed by atoms with Crippen molar-refractivity contribution in [2.24, 2.45) is 0 Å². The quantitative estimate of drug-likeness (QED) is 0.742. The van der Waals surface area contributed by atoms with E-state index < -0.39 is 0 Å². The van der Waals surface area contributed by atoms with E-state index in [1.807, 2.05) is 41.3 Å². The van der Waals surface area contributed by atoms with Crippen LogP contribution in [0.25, 0.3) is 0 Å². The molecule has 25 heavy (non-hydrogen) atoms. The molecule has 0 aliphatic carbocycles. The van der Waals surface area contributed by atoms with E-state index in [0.717, 1.165) is 12.2 Å². The van der Waals surface area contributed by atoms with Crippen LogP contribution < -0.4 is 4.74 Å². The predicted octanol–water partition coefficient (Wildman–Crippen LogP) is 2.51. The molecule has 0 N–H and O–H groups in total. The third-order valence-corrected chi connectivity index (χ3v) is 4.89. The second kappa shape index (κ2) is 8.49. The van der Waals surface area contributed by atoms with Gasteiger partial charge in [-0.1, -0.05) is 18.2 Å². The minimum absolute atomic E-state index is 0.134. The van der Waals surface area contributed by atoms with Gasteiger partial charge >= 0.3 is 0 Å². The van der Waals surface area contributed by atoms with Gasteiger partial charge in [-0.25, -0.2) is 9.97 Å². The Morgan fingerprint density at radius 3 is 2.92 bits per heavy atom. The zero-order valence-electron chi connectivity index (χ0n) is 13.7. The van der Waals surface area contributed by atoms with Crippen molar-refractivity contribution < 1.29 is 9.53 Å². The molecule has 6 nitrogen and oxygen atoms in total. The van der Waals surface area contributed by atoms with E-state index in [4.69, 9.17) is 10.00 Å². The summed E-state index contributed by atoms with van der Waals surface area (Å²) >= 11 is 1.68. The number of benzene rings is 1. The Morgan fingerprint density at radius 1 is 1.32 bits per heavy atom. The van der Waals surface area contributed by atoms with Gasteiger partial charge in [0.15, 0.2) is 0 Å². The molecule has 1 aromatic heterocycles. The van der Waals surface area contributed by atoms with Crippen LogP contribution in [0.4, 0.5) is 0 Å². The van der Waals surface area contributed by atoms with Crippen molar-refractivity contribution in [1.29, 1.82) is 5.26 Å². The molecule has 0 bridgehead atoms. The summed E-state index contributed by atoms with van der Waals surface area (Å²) in [6.45, 7) is 1.19. The number of ether oxygens (including phenoxy) is 1. The molecule has 2 aromatic rings. The first-order valence-electron chi connectivity index (χ1n) is 8.09. The summed E-state index contributed by atoms with van der Waals surface area (Å²) in [5.41, 5.74) is 0.173. The highest BCUT2D eigenvalue weighted by Crippen LogP contribution is 2.21. The molecule has 1 amide bonds. The van der Waals surface area contributed by atoms with Crippen LogP contribution in [0.1, 0.15) is 18.5 Å². The van der Waals surface area contributed by atoms with Crippen molar-refractivity contribution in [3.05, 3.63) is 48.4 Å². The standard InChI is InChI=1S/C18H18N4O2S/c19-12-16-18(21-9-8-20-16)24-14-6-10-22(13-14)17(23)7-11-25-15-4-2-1-3-5-15/h1-5,8-9,14H,6-7,10-11,13H2. The van der Waals surface area contributed by atoms with Crippen molar-refractivity contribution in [3.63, 3.8) is 0 Å². The summed E-state index contributed by atoms with van der Waals surface area (Å²) in [4.78, 5) is 23.3. The Balaban J connectivity index is 1.46. The lowest BCUT2D eigenvalue weighted by atomic mass is 10.3. The second-order valence-electron chi connectivity index (χ2n) is 5.60. The highest BCUT2D eigenvalue weighted by Gasteiger charge is 2.28. The maximum absolute atomic E-state index is 12.3. The summed E-state index contributed by atoms with van der Waals surface area (Å²) in [6, 6.07) is 12.0. The van der Waals surface area contributed by atoms with Crippen LogP contribution in [0.3, 0.4) is 0 Å². The van der Waals surface area contributed by atoms with Gasteiger partial charge in [0.2, 0.25) is 11.6 Å². The van der Waals surface area contributed by atoms with Crippen LogP contribution in [0.15, 0.2) is 47.6 Å². The number of nitrogens with zero attached hydrogens (tertiary/aromatic N) is 4. The smallest absolute Gasteiger partial charge is 0.251 e. The van der Waals surface area contributed by atoms with Crippen LogP contribution in [0.2, 0.25) is 0 Å². The van der Waals surface area contributed by atoms with Gasteiger partial charge in [-0.15, -0.1) is 11.8 Å². The summed E-state index contributed by atoms with van der Waals surface area (Å²) < 4.78 is 5.76. The van der Waals surface area contributed by atoms with Gasteiger partial charge in [0.1, 0.15) is 12.2 Å². The molecule has 1 unspecified atom stereocenters. The van der Waals surface area contributed by atoms with Gasteiger partial charge in [-0.2, -0.15) is 5.26 Å². The van der Waals surface area contributed by atoms with Gasteiger partial charge in [0, 0.05) is 42.4 Å². The summed E-state index contributed by atoms with van der Waals surface area (Å²) in [5.74, 6) is 1.13. The fourth-order valence-corrected chi connectivity index (χ4v) is 3.49. The molecule has 1 aromatic carbocycles. The number of aromatic nitrogens is 2. The average molecular weight is 354 g/mol. The largest absolute Gasteiger partial charge is 0.470 e. The number of carbonyl (C=O) groups excluding carboxylic acids is 1. The van der Waals surface area contributed by atoms with Crippen molar-refractivity contribution in [1.82, 2.24) is 14.9 Å². The normalized spacial score (nSPS) is 16.4. The topological polar surface area (TPSA) is 79.1 Å². The number of amides is 1. The van der Waals surface area contributed by atoms with Gasteiger partial charge in [0.05, 0.1) is 6.54 Å². The lowest BCUT2D eigenvalue weighted by molar-refractivity contribution is -0.129. The molecule has 1 fully saturated rings. The van der Waals surface area contributed by atoms with Crippen LogP contribution in [0.5, 0.6) is 5.88 Å². The molecule has 1 aliphatic heterocycles. The number of hydrogen-bond donors (Lipinski definition) is 0. The zero-order chi connectivity index (χ0) is 17.5. The average Bonchev–Trinajstić information content (AvgIpc) is 3.12. The lowest BCUT2D eigenvalue weighted by Gasteiger charge is -2.17. The number of rotatable bonds is 6. The van der Waals surface area contributed by atoms with Gasteiger partial charge in [-0.05, 0) is 12.1 Å².